The van der Waals surface area contributed by atoms with Gasteiger partial charge in [-0.05, 0) is 38.0 Å². The van der Waals surface area contributed by atoms with Crippen molar-refractivity contribution in [3.63, 3.8) is 0 Å². The molecule has 42 heavy (non-hydrogen) atoms. The van der Waals surface area contributed by atoms with Gasteiger partial charge in [0.2, 0.25) is 20.9 Å². The van der Waals surface area contributed by atoms with Crippen molar-refractivity contribution >= 4 is 21.6 Å². The number of pyridine rings is 1. The summed E-state index contributed by atoms with van der Waals surface area (Å²) in [5.41, 5.74) is -3.46. The van der Waals surface area contributed by atoms with Gasteiger partial charge in [-0.2, -0.15) is 13.2 Å². The zero-order chi connectivity index (χ0) is 30.9. The van der Waals surface area contributed by atoms with Crippen LogP contribution in [-0.2, 0) is 21.6 Å². The molecule has 3 aromatic rings. The van der Waals surface area contributed by atoms with Crippen molar-refractivity contribution < 1.29 is 45.0 Å². The quantitative estimate of drug-likeness (QED) is 0.297. The van der Waals surface area contributed by atoms with E-state index in [1.165, 1.54) is 17.9 Å². The van der Waals surface area contributed by atoms with Crippen molar-refractivity contribution in [1.82, 2.24) is 19.9 Å². The maximum Gasteiger partial charge on any atom is 0.433 e. The van der Waals surface area contributed by atoms with Gasteiger partial charge in [-0.3, -0.25) is 0 Å². The molecule has 1 saturated heterocycles. The third-order valence-electron chi connectivity index (χ3n) is 6.59. The van der Waals surface area contributed by atoms with E-state index < -0.39 is 74.2 Å². The summed E-state index contributed by atoms with van der Waals surface area (Å²) in [5.74, 6) is -2.77. The smallest absolute Gasteiger partial charge is 0.433 e. The van der Waals surface area contributed by atoms with Crippen LogP contribution in [0.4, 0.5) is 32.4 Å². The van der Waals surface area contributed by atoms with Crippen LogP contribution in [0.1, 0.15) is 42.6 Å². The highest BCUT2D eigenvalue weighted by Crippen LogP contribution is 2.35. The first-order valence-corrected chi connectivity index (χ1v) is 14.4. The monoisotopic (exact) mass is 615 g/mol. The van der Waals surface area contributed by atoms with Gasteiger partial charge in [0.15, 0.2) is 0 Å². The van der Waals surface area contributed by atoms with E-state index in [4.69, 9.17) is 4.74 Å². The Hall–Kier alpha value is -3.92. The van der Waals surface area contributed by atoms with Crippen molar-refractivity contribution in [1.29, 1.82) is 0 Å². The van der Waals surface area contributed by atoms with Gasteiger partial charge in [0.25, 0.3) is 0 Å². The molecule has 0 bridgehead atoms. The number of carbonyl (C=O) groups is 1. The summed E-state index contributed by atoms with van der Waals surface area (Å²) in [6.07, 6.45) is -2.23. The fourth-order valence-electron chi connectivity index (χ4n) is 4.39. The van der Waals surface area contributed by atoms with Crippen LogP contribution in [0.2, 0.25) is 0 Å². The van der Waals surface area contributed by atoms with Crippen LogP contribution in [0, 0.1) is 11.6 Å². The number of halogens is 5. The second-order valence-electron chi connectivity index (χ2n) is 9.93. The van der Waals surface area contributed by atoms with E-state index >= 15 is 0 Å². The van der Waals surface area contributed by atoms with Crippen molar-refractivity contribution in [2.45, 2.75) is 42.6 Å². The molecule has 10 nitrogen and oxygen atoms in total. The minimum atomic E-state index is -4.71. The highest BCUT2D eigenvalue weighted by atomic mass is 32.2. The molecule has 2 amide bonds. The van der Waals surface area contributed by atoms with Crippen LogP contribution in [-0.4, -0.2) is 65.4 Å². The number of urea groups is 1. The van der Waals surface area contributed by atoms with Gasteiger partial charge >= 0.3 is 12.2 Å². The van der Waals surface area contributed by atoms with E-state index in [1.54, 1.807) is 0 Å². The summed E-state index contributed by atoms with van der Waals surface area (Å²) in [5, 5.41) is 13.0. The zero-order valence-corrected chi connectivity index (χ0v) is 23.1. The summed E-state index contributed by atoms with van der Waals surface area (Å²) >= 11 is 0. The molecule has 1 aliphatic heterocycles. The second kappa shape index (κ2) is 11.8. The van der Waals surface area contributed by atoms with E-state index in [0.29, 0.717) is 0 Å². The van der Waals surface area contributed by atoms with Crippen LogP contribution >= 0.6 is 0 Å². The number of likely N-dealkylation sites (tertiary alicyclic amines) is 1. The molecule has 1 aliphatic rings. The van der Waals surface area contributed by atoms with Gasteiger partial charge in [0, 0.05) is 43.1 Å². The predicted octanol–water partition coefficient (Wildman–Crippen LogP) is 4.27. The largest absolute Gasteiger partial charge is 0.474 e. The number of aliphatic hydroxyl groups is 1. The van der Waals surface area contributed by atoms with Gasteiger partial charge in [0.05, 0.1) is 5.69 Å². The number of sulfone groups is 1. The molecule has 3 heterocycles. The Morgan fingerprint density at radius 1 is 1.10 bits per heavy atom. The minimum absolute atomic E-state index is 0.0678. The molecule has 1 aromatic carbocycles. The van der Waals surface area contributed by atoms with Crippen molar-refractivity contribution in [2.24, 2.45) is 0 Å². The molecule has 226 valence electrons. The number of benzene rings is 1. The standard InChI is InChI=1S/C26H26F5N5O5S/c1-25(38,14-41-20-8-4-7-19(33-20)26(29,30)31)16-13-32-23(42(2,39)40)34-21(16)15-9-11-36(12-10-15)24(37)35-22-17(27)5-3-6-18(22)28/h3-8,13,15,38H,9-12,14H2,1-2H3,(H,35,37). The normalized spacial score (nSPS) is 16.1. The minimum Gasteiger partial charge on any atom is -0.474 e. The van der Waals surface area contributed by atoms with E-state index in [2.05, 4.69) is 20.3 Å². The number of nitrogens with one attached hydrogen (secondary N) is 1. The molecular formula is C26H26F5N5O5S. The number of aromatic nitrogens is 3. The summed E-state index contributed by atoms with van der Waals surface area (Å²) in [6, 6.07) is 5.46. The second-order valence-corrected chi connectivity index (χ2v) is 11.8. The average molecular weight is 616 g/mol. The van der Waals surface area contributed by atoms with Crippen molar-refractivity contribution in [3.8, 4) is 5.88 Å². The van der Waals surface area contributed by atoms with Crippen LogP contribution in [0.25, 0.3) is 0 Å². The van der Waals surface area contributed by atoms with Crippen LogP contribution in [0.5, 0.6) is 5.88 Å². The zero-order valence-electron chi connectivity index (χ0n) is 22.3. The number of rotatable bonds is 7. The number of hydrogen-bond acceptors (Lipinski definition) is 8. The first-order chi connectivity index (χ1) is 19.6. The first-order valence-electron chi connectivity index (χ1n) is 12.5. The lowest BCUT2D eigenvalue weighted by molar-refractivity contribution is -0.141. The topological polar surface area (TPSA) is 135 Å². The number of alkyl halides is 3. The molecule has 1 atom stereocenters. The number of carbonyl (C=O) groups excluding carboxylic acids is 1. The number of anilines is 1. The molecule has 1 unspecified atom stereocenters. The summed E-state index contributed by atoms with van der Waals surface area (Å²) in [6.45, 7) is 0.911. The number of amides is 2. The molecule has 0 aliphatic carbocycles. The van der Waals surface area contributed by atoms with Crippen LogP contribution < -0.4 is 10.1 Å². The maximum atomic E-state index is 14.0. The van der Waals surface area contributed by atoms with Gasteiger partial charge in [-0.15, -0.1) is 0 Å². The van der Waals surface area contributed by atoms with E-state index in [0.717, 1.165) is 42.8 Å². The molecule has 2 N–H and O–H groups in total. The molecule has 0 radical (unpaired) electrons. The molecule has 2 aromatic heterocycles. The highest BCUT2D eigenvalue weighted by molar-refractivity contribution is 7.90. The molecule has 4 rings (SSSR count). The SMILES string of the molecule is CC(O)(COc1cccc(C(F)(F)F)n1)c1cnc(S(C)(=O)=O)nc1C1CCN(C(=O)Nc2c(F)cccc2F)CC1. The summed E-state index contributed by atoms with van der Waals surface area (Å²) in [4.78, 5) is 25.5. The summed E-state index contributed by atoms with van der Waals surface area (Å²) < 4.78 is 96.8. The van der Waals surface area contributed by atoms with Crippen molar-refractivity contribution in [2.75, 3.05) is 31.3 Å². The highest BCUT2D eigenvalue weighted by Gasteiger charge is 2.36. The Bertz CT molecular complexity index is 1560. The molecule has 1 fully saturated rings. The van der Waals surface area contributed by atoms with E-state index in [-0.39, 0.29) is 37.2 Å². The third-order valence-corrected chi connectivity index (χ3v) is 7.45. The fourth-order valence-corrected chi connectivity index (χ4v) is 4.90. The van der Waals surface area contributed by atoms with E-state index in [9.17, 15) is 40.3 Å². The molecular weight excluding hydrogens is 589 g/mol. The molecule has 16 heteroatoms. The van der Waals surface area contributed by atoms with Gasteiger partial charge in [-0.1, -0.05) is 12.1 Å². The number of para-hydroxylation sites is 1. The first kappa shape index (κ1) is 31.0. The van der Waals surface area contributed by atoms with Gasteiger partial charge in [0.1, 0.15) is 35.2 Å². The Balaban J connectivity index is 1.54. The van der Waals surface area contributed by atoms with Gasteiger partial charge < -0.3 is 20.1 Å². The summed E-state index contributed by atoms with van der Waals surface area (Å²) in [7, 11) is -3.86. The Morgan fingerprint density at radius 2 is 1.71 bits per heavy atom. The number of hydrogen-bond donors (Lipinski definition) is 2. The number of piperidine rings is 1. The van der Waals surface area contributed by atoms with Crippen molar-refractivity contribution in [3.05, 3.63) is 71.2 Å². The van der Waals surface area contributed by atoms with Gasteiger partial charge in [-0.25, -0.2) is 36.9 Å². The van der Waals surface area contributed by atoms with E-state index in [1.807, 2.05) is 0 Å². The lowest BCUT2D eigenvalue weighted by atomic mass is 9.86. The number of ether oxygens (including phenoxy) is 1. The molecule has 0 saturated carbocycles. The Morgan fingerprint density at radius 3 is 2.31 bits per heavy atom. The number of nitrogens with zero attached hydrogens (tertiary/aromatic N) is 4. The predicted molar refractivity (Wildman–Crippen MR) is 138 cm³/mol. The lowest BCUT2D eigenvalue weighted by Gasteiger charge is -2.34. The van der Waals surface area contributed by atoms with Crippen LogP contribution in [0.15, 0.2) is 47.8 Å². The average Bonchev–Trinajstić information content (AvgIpc) is 2.93. The Labute approximate surface area is 237 Å². The molecule has 0 spiro atoms. The van der Waals surface area contributed by atoms with Crippen LogP contribution in [0.3, 0.4) is 0 Å². The maximum absolute atomic E-state index is 14.0. The Kier molecular flexibility index (Phi) is 8.68. The third kappa shape index (κ3) is 7.10. The fraction of sp³-hybridized carbons (Fsp3) is 0.385. The lowest BCUT2D eigenvalue weighted by Crippen LogP contribution is -2.41.